The lowest BCUT2D eigenvalue weighted by Gasteiger charge is -2.38. The molecule has 2 saturated carbocycles. The molecule has 2 aliphatic rings. The van der Waals surface area contributed by atoms with E-state index in [4.69, 9.17) is 0 Å². The fourth-order valence-corrected chi connectivity index (χ4v) is 4.78. The summed E-state index contributed by atoms with van der Waals surface area (Å²) in [6.07, 6.45) is 20.6. The van der Waals surface area contributed by atoms with Crippen molar-refractivity contribution in [3.8, 4) is 0 Å². The van der Waals surface area contributed by atoms with Gasteiger partial charge in [0.25, 0.3) is 0 Å². The molecule has 0 spiro atoms. The molecule has 0 heterocycles. The van der Waals surface area contributed by atoms with Crippen molar-refractivity contribution in [2.75, 3.05) is 0 Å². The van der Waals surface area contributed by atoms with Crippen molar-refractivity contribution in [1.29, 1.82) is 0 Å². The van der Waals surface area contributed by atoms with E-state index in [1.807, 2.05) is 0 Å². The highest BCUT2D eigenvalue weighted by Crippen LogP contribution is 2.43. The molecule has 0 nitrogen and oxygen atoms in total. The Labute approximate surface area is 131 Å². The van der Waals surface area contributed by atoms with Gasteiger partial charge >= 0.3 is 0 Å². The van der Waals surface area contributed by atoms with Crippen LogP contribution in [-0.4, -0.2) is 0 Å². The highest BCUT2D eigenvalue weighted by molar-refractivity contribution is 4.83. The number of allylic oxidation sites excluding steroid dienone is 1. The average molecular weight is 294 g/mol. The summed E-state index contributed by atoms with van der Waals surface area (Å²) >= 11 is 0. The van der Waals surface area contributed by atoms with Gasteiger partial charge in [-0.3, -0.25) is 0 Å². The molecule has 0 radical (unpaired) electrons. The van der Waals surface area contributed by atoms with Gasteiger partial charge in [0, 0.05) is 0 Å². The number of halogens is 1. The Morgan fingerprint density at radius 1 is 0.810 bits per heavy atom. The first-order valence-corrected chi connectivity index (χ1v) is 9.58. The van der Waals surface area contributed by atoms with Crippen LogP contribution in [0.5, 0.6) is 0 Å². The molecule has 0 amide bonds. The normalized spacial score (nSPS) is 34.4. The second kappa shape index (κ2) is 9.64. The predicted octanol–water partition coefficient (Wildman–Crippen LogP) is 7.05. The fourth-order valence-electron chi connectivity index (χ4n) is 4.78. The zero-order valence-electron chi connectivity index (χ0n) is 14.0. The molecule has 122 valence electrons. The molecule has 2 aliphatic carbocycles. The van der Waals surface area contributed by atoms with Crippen LogP contribution in [0.3, 0.4) is 0 Å². The molecule has 1 heteroatoms. The molecule has 0 N–H and O–H groups in total. The number of unbranched alkanes of at least 4 members (excludes halogenated alkanes) is 1. The van der Waals surface area contributed by atoms with E-state index < -0.39 is 0 Å². The van der Waals surface area contributed by atoms with Crippen LogP contribution in [0.2, 0.25) is 0 Å². The lowest BCUT2D eigenvalue weighted by molar-refractivity contribution is 0.141. The molecule has 0 aromatic carbocycles. The topological polar surface area (TPSA) is 0 Å². The maximum atomic E-state index is 12.0. The largest absolute Gasteiger partial charge is 0.216 e. The van der Waals surface area contributed by atoms with Gasteiger partial charge in [-0.25, -0.2) is 4.39 Å². The van der Waals surface area contributed by atoms with E-state index in [1.54, 1.807) is 6.08 Å². The van der Waals surface area contributed by atoms with E-state index in [1.165, 1.54) is 77.0 Å². The first-order chi connectivity index (χ1) is 10.3. The molecule has 21 heavy (non-hydrogen) atoms. The maximum Gasteiger partial charge on any atom is 0.0827 e. The summed E-state index contributed by atoms with van der Waals surface area (Å²) in [6.45, 7) is 2.31. The van der Waals surface area contributed by atoms with Crippen LogP contribution >= 0.6 is 0 Å². The van der Waals surface area contributed by atoms with Crippen LogP contribution in [0.15, 0.2) is 12.4 Å². The summed E-state index contributed by atoms with van der Waals surface area (Å²) < 4.78 is 12.0. The van der Waals surface area contributed by atoms with Gasteiger partial charge in [-0.15, -0.1) is 0 Å². The summed E-state index contributed by atoms with van der Waals surface area (Å²) in [4.78, 5) is 0. The predicted molar refractivity (Wildman–Crippen MR) is 89.9 cm³/mol. The summed E-state index contributed by atoms with van der Waals surface area (Å²) in [5.74, 6) is 3.98. The Balaban J connectivity index is 1.62. The van der Waals surface area contributed by atoms with Gasteiger partial charge in [0.2, 0.25) is 0 Å². The van der Waals surface area contributed by atoms with Gasteiger partial charge in [-0.05, 0) is 62.2 Å². The van der Waals surface area contributed by atoms with Gasteiger partial charge in [0.15, 0.2) is 0 Å². The summed E-state index contributed by atoms with van der Waals surface area (Å²) in [6, 6.07) is 0. The van der Waals surface area contributed by atoms with Crippen molar-refractivity contribution in [3.05, 3.63) is 12.4 Å². The van der Waals surface area contributed by atoms with Crippen LogP contribution in [0, 0.1) is 23.7 Å². The van der Waals surface area contributed by atoms with Gasteiger partial charge in [-0.2, -0.15) is 0 Å². The Kier molecular flexibility index (Phi) is 7.82. The van der Waals surface area contributed by atoms with Gasteiger partial charge < -0.3 is 0 Å². The van der Waals surface area contributed by atoms with E-state index in [0.717, 1.165) is 30.1 Å². The molecule has 2 rings (SSSR count). The molecule has 0 saturated heterocycles. The first-order valence-electron chi connectivity index (χ1n) is 9.58. The molecule has 0 aliphatic heterocycles. The lowest BCUT2D eigenvalue weighted by Crippen LogP contribution is -2.25. The minimum absolute atomic E-state index is 0.711. The van der Waals surface area contributed by atoms with Gasteiger partial charge in [0.1, 0.15) is 0 Å². The van der Waals surface area contributed by atoms with Crippen molar-refractivity contribution in [2.45, 2.75) is 90.4 Å². The van der Waals surface area contributed by atoms with Crippen LogP contribution in [0.25, 0.3) is 0 Å². The zero-order valence-corrected chi connectivity index (χ0v) is 14.0. The van der Waals surface area contributed by atoms with Crippen molar-refractivity contribution in [2.24, 2.45) is 23.7 Å². The van der Waals surface area contributed by atoms with E-state index >= 15 is 0 Å². The number of hydrogen-bond donors (Lipinski definition) is 0. The summed E-state index contributed by atoms with van der Waals surface area (Å²) in [5.41, 5.74) is 0. The van der Waals surface area contributed by atoms with Crippen LogP contribution in [-0.2, 0) is 0 Å². The molecule has 0 atom stereocenters. The van der Waals surface area contributed by atoms with Crippen molar-refractivity contribution in [1.82, 2.24) is 0 Å². The Morgan fingerprint density at radius 2 is 1.33 bits per heavy atom. The lowest BCUT2D eigenvalue weighted by atomic mass is 9.68. The second-order valence-corrected chi connectivity index (χ2v) is 7.64. The number of rotatable bonds is 7. The maximum absolute atomic E-state index is 12.0. The molecule has 0 aromatic rings. The number of hydrogen-bond acceptors (Lipinski definition) is 0. The van der Waals surface area contributed by atoms with E-state index in [9.17, 15) is 4.39 Å². The summed E-state index contributed by atoms with van der Waals surface area (Å²) in [5, 5.41) is 0. The standard InChI is InChI=1S/C20H35F/c1-2-3-6-17-8-12-19(13-9-17)20-14-10-18(11-15-20)7-4-5-16-21/h5,16-20H,2-4,6-15H2,1H3/t17-,18-,19-,20-. The Hall–Kier alpha value is -0.330. The summed E-state index contributed by atoms with van der Waals surface area (Å²) in [7, 11) is 0. The van der Waals surface area contributed by atoms with Crippen LogP contribution in [0.4, 0.5) is 4.39 Å². The third-order valence-corrected chi connectivity index (χ3v) is 6.25. The minimum Gasteiger partial charge on any atom is -0.216 e. The van der Waals surface area contributed by atoms with Crippen molar-refractivity contribution in [3.63, 3.8) is 0 Å². The SMILES string of the molecule is CCCC[C@H]1CC[C@H]([C@H]2CC[C@H](CCC=CF)CC2)CC1. The zero-order chi connectivity index (χ0) is 14.9. The monoisotopic (exact) mass is 294 g/mol. The molecule has 0 unspecified atom stereocenters. The quantitative estimate of drug-likeness (QED) is 0.472. The Morgan fingerprint density at radius 3 is 1.81 bits per heavy atom. The fraction of sp³-hybridized carbons (Fsp3) is 0.900. The average Bonchev–Trinajstić information content (AvgIpc) is 2.54. The smallest absolute Gasteiger partial charge is 0.0827 e. The molecule has 2 fully saturated rings. The van der Waals surface area contributed by atoms with Crippen LogP contribution in [0.1, 0.15) is 90.4 Å². The van der Waals surface area contributed by atoms with E-state index in [-0.39, 0.29) is 0 Å². The first kappa shape index (κ1) is 17.0. The van der Waals surface area contributed by atoms with Crippen LogP contribution < -0.4 is 0 Å². The van der Waals surface area contributed by atoms with Crippen molar-refractivity contribution < 1.29 is 4.39 Å². The van der Waals surface area contributed by atoms with Gasteiger partial charge in [-0.1, -0.05) is 57.9 Å². The van der Waals surface area contributed by atoms with E-state index in [0.29, 0.717) is 6.33 Å². The third kappa shape index (κ3) is 5.75. The van der Waals surface area contributed by atoms with Crippen molar-refractivity contribution >= 4 is 0 Å². The highest BCUT2D eigenvalue weighted by Gasteiger charge is 2.30. The molecular weight excluding hydrogens is 259 g/mol. The molecule has 0 aromatic heterocycles. The minimum atomic E-state index is 0.711. The third-order valence-electron chi connectivity index (χ3n) is 6.25. The highest BCUT2D eigenvalue weighted by atomic mass is 19.1. The molecule has 0 bridgehead atoms. The second-order valence-electron chi connectivity index (χ2n) is 7.64. The van der Waals surface area contributed by atoms with Gasteiger partial charge in [0.05, 0.1) is 6.33 Å². The Bertz CT molecular complexity index is 280. The molecular formula is C20H35F. The van der Waals surface area contributed by atoms with E-state index in [2.05, 4.69) is 6.92 Å².